The summed E-state index contributed by atoms with van der Waals surface area (Å²) in [5.41, 5.74) is 0.322. The number of aliphatic carboxylic acids is 1. The minimum absolute atomic E-state index is 0.164. The number of hydrogen-bond acceptors (Lipinski definition) is 4. The Bertz CT molecular complexity index is 617. The molecule has 2 N–H and O–H groups in total. The molecule has 1 saturated carbocycles. The molecule has 1 aromatic carbocycles. The summed E-state index contributed by atoms with van der Waals surface area (Å²) < 4.78 is 11.4. The summed E-state index contributed by atoms with van der Waals surface area (Å²) in [7, 11) is 1.51. The zero-order valence-electron chi connectivity index (χ0n) is 13.3. The van der Waals surface area contributed by atoms with Crippen molar-refractivity contribution in [2.45, 2.75) is 38.7 Å². The predicted octanol–water partition coefficient (Wildman–Crippen LogP) is 2.58. The van der Waals surface area contributed by atoms with Gasteiger partial charge in [0, 0.05) is 12.5 Å². The van der Waals surface area contributed by atoms with Crippen molar-refractivity contribution in [3.05, 3.63) is 29.5 Å². The molecule has 1 amide bonds. The number of amides is 1. The lowest BCUT2D eigenvalue weighted by molar-refractivity contribution is -0.134. The summed E-state index contributed by atoms with van der Waals surface area (Å²) in [5, 5.41) is 11.5. The third kappa shape index (κ3) is 4.48. The van der Waals surface area contributed by atoms with Gasteiger partial charge in [-0.2, -0.15) is 0 Å². The van der Waals surface area contributed by atoms with Crippen LogP contribution in [0.4, 0.5) is 0 Å². The molecule has 0 aliphatic heterocycles. The molecule has 0 atom stereocenters. The highest BCUT2D eigenvalue weighted by atomic mass is 16.5. The number of para-hydroxylation sites is 1. The van der Waals surface area contributed by atoms with Crippen LogP contribution in [0.3, 0.4) is 0 Å². The molecule has 0 saturated heterocycles. The number of ether oxygens (including phenoxy) is 2. The highest BCUT2D eigenvalue weighted by Gasteiger charge is 2.20. The van der Waals surface area contributed by atoms with E-state index in [-0.39, 0.29) is 11.8 Å². The highest BCUT2D eigenvalue weighted by molar-refractivity contribution is 5.96. The molecule has 2 rings (SSSR count). The van der Waals surface area contributed by atoms with Crippen LogP contribution in [0.2, 0.25) is 0 Å². The second kappa shape index (κ2) is 7.67. The third-order valence-electron chi connectivity index (χ3n) is 3.65. The van der Waals surface area contributed by atoms with E-state index < -0.39 is 11.9 Å². The smallest absolute Gasteiger partial charge is 0.352 e. The van der Waals surface area contributed by atoms with Crippen LogP contribution in [-0.2, 0) is 9.59 Å². The first-order chi connectivity index (χ1) is 11.0. The number of rotatable bonds is 6. The van der Waals surface area contributed by atoms with Gasteiger partial charge in [0.15, 0.2) is 11.5 Å². The number of benzene rings is 1. The van der Waals surface area contributed by atoms with Crippen LogP contribution < -0.4 is 14.8 Å². The van der Waals surface area contributed by atoms with E-state index >= 15 is 0 Å². The quantitative estimate of drug-likeness (QED) is 0.787. The summed E-state index contributed by atoms with van der Waals surface area (Å²) in [6.45, 7) is 1.26. The van der Waals surface area contributed by atoms with Gasteiger partial charge in [0.25, 0.3) is 0 Å². The van der Waals surface area contributed by atoms with Crippen molar-refractivity contribution in [2.75, 3.05) is 7.11 Å². The van der Waals surface area contributed by atoms with Gasteiger partial charge in [-0.25, -0.2) is 4.79 Å². The van der Waals surface area contributed by atoms with Crippen molar-refractivity contribution in [1.82, 2.24) is 5.32 Å². The molecule has 23 heavy (non-hydrogen) atoms. The monoisotopic (exact) mass is 319 g/mol. The second-order valence-corrected chi connectivity index (χ2v) is 5.45. The van der Waals surface area contributed by atoms with E-state index in [1.54, 1.807) is 18.2 Å². The van der Waals surface area contributed by atoms with E-state index in [1.165, 1.54) is 20.1 Å². The molecule has 0 bridgehead atoms. The summed E-state index contributed by atoms with van der Waals surface area (Å²) in [6.07, 6.45) is 5.85. The molecule has 0 radical (unpaired) electrons. The van der Waals surface area contributed by atoms with Crippen LogP contribution in [-0.4, -0.2) is 30.2 Å². The Morgan fingerprint density at radius 1 is 1.30 bits per heavy atom. The van der Waals surface area contributed by atoms with Crippen molar-refractivity contribution in [3.63, 3.8) is 0 Å². The minimum Gasteiger partial charge on any atom is -0.492 e. The van der Waals surface area contributed by atoms with Gasteiger partial charge in [-0.1, -0.05) is 12.1 Å². The summed E-state index contributed by atoms with van der Waals surface area (Å²) in [6, 6.07) is 5.28. The van der Waals surface area contributed by atoms with Crippen LogP contribution in [0, 0.1) is 0 Å². The first-order valence-corrected chi connectivity index (χ1v) is 7.57. The van der Waals surface area contributed by atoms with Crippen molar-refractivity contribution in [3.8, 4) is 11.5 Å². The number of nitrogens with one attached hydrogen (secondary N) is 1. The molecular formula is C17H21NO5. The largest absolute Gasteiger partial charge is 0.492 e. The van der Waals surface area contributed by atoms with Gasteiger partial charge in [0.2, 0.25) is 5.91 Å². The van der Waals surface area contributed by atoms with Crippen molar-refractivity contribution < 1.29 is 24.2 Å². The lowest BCUT2D eigenvalue weighted by atomic mass is 10.1. The minimum atomic E-state index is -1.22. The molecule has 1 aliphatic rings. The van der Waals surface area contributed by atoms with Gasteiger partial charge in [-0.05, 0) is 37.8 Å². The first-order valence-electron chi connectivity index (χ1n) is 7.57. The van der Waals surface area contributed by atoms with E-state index in [9.17, 15) is 14.7 Å². The van der Waals surface area contributed by atoms with E-state index in [0.717, 1.165) is 25.7 Å². The van der Waals surface area contributed by atoms with Crippen LogP contribution in [0.5, 0.6) is 11.5 Å². The fourth-order valence-electron chi connectivity index (χ4n) is 2.64. The zero-order chi connectivity index (χ0) is 16.8. The molecule has 0 spiro atoms. The molecule has 1 aromatic rings. The van der Waals surface area contributed by atoms with E-state index in [4.69, 9.17) is 9.47 Å². The second-order valence-electron chi connectivity index (χ2n) is 5.45. The molecule has 6 nitrogen and oxygen atoms in total. The maximum absolute atomic E-state index is 11.2. The number of carbonyl (C=O) groups is 2. The third-order valence-corrected chi connectivity index (χ3v) is 3.65. The lowest BCUT2D eigenvalue weighted by Gasteiger charge is -2.17. The lowest BCUT2D eigenvalue weighted by Crippen LogP contribution is -2.24. The topological polar surface area (TPSA) is 84.9 Å². The number of methoxy groups -OCH3 is 1. The molecule has 0 heterocycles. The Morgan fingerprint density at radius 3 is 2.57 bits per heavy atom. The normalized spacial score (nSPS) is 15.3. The Hall–Kier alpha value is -2.50. The van der Waals surface area contributed by atoms with Crippen LogP contribution >= 0.6 is 0 Å². The Labute approximate surface area is 135 Å². The average Bonchev–Trinajstić information content (AvgIpc) is 2.99. The van der Waals surface area contributed by atoms with Crippen molar-refractivity contribution in [1.29, 1.82) is 0 Å². The van der Waals surface area contributed by atoms with E-state index in [0.29, 0.717) is 17.1 Å². The SMILES string of the molecule is COc1c(/C=C(/NC(C)=O)C(=O)O)cccc1OC1CCCC1. The zero-order valence-corrected chi connectivity index (χ0v) is 13.3. The number of carbonyl (C=O) groups excluding carboxylic acids is 1. The van der Waals surface area contributed by atoms with Gasteiger partial charge >= 0.3 is 5.97 Å². The molecule has 1 aliphatic carbocycles. The maximum Gasteiger partial charge on any atom is 0.352 e. The number of hydrogen-bond donors (Lipinski definition) is 2. The van der Waals surface area contributed by atoms with E-state index in [1.807, 2.05) is 0 Å². The Kier molecular flexibility index (Phi) is 5.62. The predicted molar refractivity (Wildman–Crippen MR) is 85.3 cm³/mol. The van der Waals surface area contributed by atoms with Gasteiger partial charge in [-0.15, -0.1) is 0 Å². The van der Waals surface area contributed by atoms with Crippen LogP contribution in [0.15, 0.2) is 23.9 Å². The van der Waals surface area contributed by atoms with Gasteiger partial charge in [0.05, 0.1) is 13.2 Å². The molecule has 1 fully saturated rings. The summed E-state index contributed by atoms with van der Waals surface area (Å²) >= 11 is 0. The van der Waals surface area contributed by atoms with Crippen LogP contribution in [0.25, 0.3) is 6.08 Å². The van der Waals surface area contributed by atoms with Crippen molar-refractivity contribution in [2.24, 2.45) is 0 Å². The van der Waals surface area contributed by atoms with E-state index in [2.05, 4.69) is 5.32 Å². The van der Waals surface area contributed by atoms with Crippen LogP contribution in [0.1, 0.15) is 38.2 Å². The molecular weight excluding hydrogens is 298 g/mol. The van der Waals surface area contributed by atoms with Gasteiger partial charge < -0.3 is 19.9 Å². The molecule has 124 valence electrons. The highest BCUT2D eigenvalue weighted by Crippen LogP contribution is 2.35. The number of carboxylic acid groups (broad SMARTS) is 1. The fraction of sp³-hybridized carbons (Fsp3) is 0.412. The number of carboxylic acids is 1. The fourth-order valence-corrected chi connectivity index (χ4v) is 2.64. The summed E-state index contributed by atoms with van der Waals surface area (Å²) in [5.74, 6) is -0.621. The Balaban J connectivity index is 2.33. The molecule has 0 unspecified atom stereocenters. The molecule has 0 aromatic heterocycles. The first kappa shape index (κ1) is 16.9. The van der Waals surface area contributed by atoms with Crippen molar-refractivity contribution >= 4 is 18.0 Å². The standard InChI is InChI=1S/C17H21NO5/c1-11(19)18-14(17(20)21)10-12-6-5-9-15(16(12)22-2)23-13-7-3-4-8-13/h5-6,9-10,13H,3-4,7-8H2,1-2H3,(H,18,19)(H,20,21)/b14-10+. The van der Waals surface area contributed by atoms with Gasteiger partial charge in [-0.3, -0.25) is 4.79 Å². The average molecular weight is 319 g/mol. The maximum atomic E-state index is 11.2. The van der Waals surface area contributed by atoms with Gasteiger partial charge in [0.1, 0.15) is 5.70 Å². The molecule has 6 heteroatoms. The summed E-state index contributed by atoms with van der Waals surface area (Å²) in [4.78, 5) is 22.4. The Morgan fingerprint density at radius 2 is 2.00 bits per heavy atom.